The zero-order chi connectivity index (χ0) is 11.8. The van der Waals surface area contributed by atoms with E-state index in [0.29, 0.717) is 4.90 Å². The molecule has 0 aromatic heterocycles. The molecule has 0 fully saturated rings. The molecule has 0 aliphatic carbocycles. The van der Waals surface area contributed by atoms with Crippen LogP contribution in [0.2, 0.25) is 0 Å². The quantitative estimate of drug-likeness (QED) is 0.586. The Morgan fingerprint density at radius 3 is 2.56 bits per heavy atom. The van der Waals surface area contributed by atoms with E-state index in [1.165, 1.54) is 17.8 Å². The predicted molar refractivity (Wildman–Crippen MR) is 62.6 cm³/mol. The number of hydrogen-bond donors (Lipinski definition) is 1. The highest BCUT2D eigenvalue weighted by atomic mass is 32.2. The van der Waals surface area contributed by atoms with Gasteiger partial charge in [0.2, 0.25) is 0 Å². The molecule has 0 unspecified atom stereocenters. The molecule has 0 heterocycles. The van der Waals surface area contributed by atoms with Gasteiger partial charge in [-0.05, 0) is 36.8 Å². The highest BCUT2D eigenvalue weighted by Crippen LogP contribution is 2.23. The molecule has 0 saturated carbocycles. The van der Waals surface area contributed by atoms with Crippen molar-refractivity contribution in [1.82, 2.24) is 0 Å². The second kappa shape index (κ2) is 7.63. The zero-order valence-electron chi connectivity index (χ0n) is 9.09. The number of thioether (sulfide) groups is 1. The van der Waals surface area contributed by atoms with Crippen molar-refractivity contribution < 1.29 is 13.9 Å². The topological polar surface area (TPSA) is 20.2 Å². The highest BCUT2D eigenvalue weighted by Gasteiger charge is 2.03. The minimum atomic E-state index is -0.399. The molecule has 16 heavy (non-hydrogen) atoms. The molecule has 90 valence electrons. The van der Waals surface area contributed by atoms with E-state index in [4.69, 9.17) is 5.11 Å². The Balaban J connectivity index is 2.23. The van der Waals surface area contributed by atoms with Crippen molar-refractivity contribution in [1.29, 1.82) is 0 Å². The van der Waals surface area contributed by atoms with Crippen LogP contribution in [0.1, 0.15) is 25.7 Å². The van der Waals surface area contributed by atoms with E-state index in [-0.39, 0.29) is 12.4 Å². The van der Waals surface area contributed by atoms with Crippen molar-refractivity contribution in [2.75, 3.05) is 12.4 Å². The van der Waals surface area contributed by atoms with Crippen LogP contribution in [0.25, 0.3) is 0 Å². The summed E-state index contributed by atoms with van der Waals surface area (Å²) in [5.41, 5.74) is 0. The second-order valence-electron chi connectivity index (χ2n) is 3.56. The summed E-state index contributed by atoms with van der Waals surface area (Å²) in [6, 6.07) is 3.51. The molecule has 0 aliphatic rings. The van der Waals surface area contributed by atoms with E-state index in [1.54, 1.807) is 0 Å². The monoisotopic (exact) mass is 246 g/mol. The van der Waals surface area contributed by atoms with Gasteiger partial charge in [0.1, 0.15) is 11.6 Å². The molecule has 4 heteroatoms. The first-order valence-electron chi connectivity index (χ1n) is 5.43. The molecular weight excluding hydrogens is 230 g/mol. The molecule has 0 spiro atoms. The lowest BCUT2D eigenvalue weighted by atomic mass is 10.2. The van der Waals surface area contributed by atoms with Crippen molar-refractivity contribution >= 4 is 11.8 Å². The Bertz CT molecular complexity index is 318. The summed E-state index contributed by atoms with van der Waals surface area (Å²) >= 11 is 1.34. The van der Waals surface area contributed by atoms with Crippen molar-refractivity contribution in [2.45, 2.75) is 30.6 Å². The lowest BCUT2D eigenvalue weighted by Gasteiger charge is -2.03. The summed E-state index contributed by atoms with van der Waals surface area (Å²) in [5.74, 6) is 0.0251. The molecule has 1 aromatic carbocycles. The number of unbranched alkanes of at least 4 members (excludes halogenated alkanes) is 3. The zero-order valence-corrected chi connectivity index (χ0v) is 9.90. The van der Waals surface area contributed by atoms with Crippen molar-refractivity contribution in [3.63, 3.8) is 0 Å². The van der Waals surface area contributed by atoms with Crippen LogP contribution in [0.5, 0.6) is 0 Å². The van der Waals surface area contributed by atoms with E-state index < -0.39 is 5.82 Å². The molecule has 1 N–H and O–H groups in total. The maximum absolute atomic E-state index is 13.2. The first-order valence-corrected chi connectivity index (χ1v) is 6.41. The van der Waals surface area contributed by atoms with Gasteiger partial charge in [0.25, 0.3) is 0 Å². The van der Waals surface area contributed by atoms with Crippen LogP contribution in [0, 0.1) is 11.6 Å². The van der Waals surface area contributed by atoms with Gasteiger partial charge in [-0.3, -0.25) is 0 Å². The van der Waals surface area contributed by atoms with E-state index in [2.05, 4.69) is 0 Å². The van der Waals surface area contributed by atoms with Gasteiger partial charge in [0.05, 0.1) is 0 Å². The van der Waals surface area contributed by atoms with Crippen LogP contribution in [0.3, 0.4) is 0 Å². The van der Waals surface area contributed by atoms with Crippen molar-refractivity contribution in [3.05, 3.63) is 29.8 Å². The van der Waals surface area contributed by atoms with Crippen molar-refractivity contribution in [3.8, 4) is 0 Å². The number of aliphatic hydroxyl groups excluding tert-OH is 1. The van der Waals surface area contributed by atoms with Crippen LogP contribution in [-0.2, 0) is 0 Å². The molecule has 0 aliphatic heterocycles. The fraction of sp³-hybridized carbons (Fsp3) is 0.500. The fourth-order valence-corrected chi connectivity index (χ4v) is 2.31. The van der Waals surface area contributed by atoms with Gasteiger partial charge >= 0.3 is 0 Å². The Kier molecular flexibility index (Phi) is 6.42. The smallest absolute Gasteiger partial charge is 0.136 e. The maximum atomic E-state index is 13.2. The van der Waals surface area contributed by atoms with E-state index in [0.717, 1.165) is 43.6 Å². The molecule has 0 bridgehead atoms. The number of aliphatic hydroxyl groups is 1. The molecule has 1 nitrogen and oxygen atoms in total. The van der Waals surface area contributed by atoms with Gasteiger partial charge in [-0.1, -0.05) is 12.8 Å². The molecule has 1 rings (SSSR count). The molecular formula is C12H16F2OS. The minimum absolute atomic E-state index is 0.228. The van der Waals surface area contributed by atoms with Crippen molar-refractivity contribution in [2.24, 2.45) is 0 Å². The minimum Gasteiger partial charge on any atom is -0.396 e. The molecule has 1 aromatic rings. The largest absolute Gasteiger partial charge is 0.396 e. The third-order valence-electron chi connectivity index (χ3n) is 2.20. The summed E-state index contributed by atoms with van der Waals surface area (Å²) in [6.45, 7) is 0.228. The number of hydrogen-bond acceptors (Lipinski definition) is 2. The van der Waals surface area contributed by atoms with Crippen LogP contribution in [0.4, 0.5) is 8.78 Å². The first kappa shape index (κ1) is 13.5. The van der Waals surface area contributed by atoms with E-state index >= 15 is 0 Å². The van der Waals surface area contributed by atoms with Gasteiger partial charge in [0, 0.05) is 11.5 Å². The average Bonchev–Trinajstić information content (AvgIpc) is 2.28. The normalized spacial score (nSPS) is 10.7. The lowest BCUT2D eigenvalue weighted by molar-refractivity contribution is 0.283. The highest BCUT2D eigenvalue weighted by molar-refractivity contribution is 7.99. The van der Waals surface area contributed by atoms with Gasteiger partial charge in [-0.2, -0.15) is 0 Å². The van der Waals surface area contributed by atoms with Gasteiger partial charge in [-0.15, -0.1) is 11.8 Å². The number of benzene rings is 1. The summed E-state index contributed by atoms with van der Waals surface area (Å²) in [4.78, 5) is 0.377. The third-order valence-corrected chi connectivity index (χ3v) is 3.32. The van der Waals surface area contributed by atoms with E-state index in [1.807, 2.05) is 0 Å². The molecule has 0 saturated heterocycles. The Hall–Kier alpha value is -0.610. The number of rotatable bonds is 7. The van der Waals surface area contributed by atoms with Gasteiger partial charge in [-0.25, -0.2) is 8.78 Å². The fourth-order valence-electron chi connectivity index (χ4n) is 1.34. The summed E-state index contributed by atoms with van der Waals surface area (Å²) in [7, 11) is 0. The van der Waals surface area contributed by atoms with Gasteiger partial charge in [0.15, 0.2) is 0 Å². The third kappa shape index (κ3) is 4.94. The van der Waals surface area contributed by atoms with E-state index in [9.17, 15) is 8.78 Å². The SMILES string of the molecule is OCCCCCCSc1cc(F)ccc1F. The maximum Gasteiger partial charge on any atom is 0.136 e. The van der Waals surface area contributed by atoms with Crippen LogP contribution < -0.4 is 0 Å². The molecule has 0 amide bonds. The average molecular weight is 246 g/mol. The predicted octanol–water partition coefficient (Wildman–Crippen LogP) is 3.61. The molecule has 0 atom stereocenters. The van der Waals surface area contributed by atoms with Crippen LogP contribution in [0.15, 0.2) is 23.1 Å². The summed E-state index contributed by atoms with van der Waals surface area (Å²) in [6.07, 6.45) is 3.78. The Morgan fingerprint density at radius 2 is 1.81 bits per heavy atom. The first-order chi connectivity index (χ1) is 7.74. The lowest BCUT2D eigenvalue weighted by Crippen LogP contribution is -1.88. The summed E-state index contributed by atoms with van der Waals surface area (Å²) < 4.78 is 26.0. The summed E-state index contributed by atoms with van der Waals surface area (Å²) in [5, 5.41) is 8.57. The standard InChI is InChI=1S/C12H16F2OS/c13-10-5-6-11(14)12(9-10)16-8-4-2-1-3-7-15/h5-6,9,15H,1-4,7-8H2. The Morgan fingerprint density at radius 1 is 1.06 bits per heavy atom. The van der Waals surface area contributed by atoms with Crippen LogP contribution >= 0.6 is 11.8 Å². The van der Waals surface area contributed by atoms with Crippen LogP contribution in [-0.4, -0.2) is 17.5 Å². The molecule has 0 radical (unpaired) electrons. The van der Waals surface area contributed by atoms with Gasteiger partial charge < -0.3 is 5.11 Å². The second-order valence-corrected chi connectivity index (χ2v) is 4.70. The Labute approximate surface area is 98.9 Å². The number of halogens is 2.